The van der Waals surface area contributed by atoms with Gasteiger partial charge in [0.15, 0.2) is 0 Å². The van der Waals surface area contributed by atoms with Crippen LogP contribution in [0.25, 0.3) is 0 Å². The Morgan fingerprint density at radius 3 is 2.82 bits per heavy atom. The molecule has 1 heterocycles. The Balaban J connectivity index is 2.06. The zero-order valence-electron chi connectivity index (χ0n) is 12.6. The molecule has 1 aromatic rings. The molecule has 0 spiro atoms. The fourth-order valence-electron chi connectivity index (χ4n) is 3.88. The van der Waals surface area contributed by atoms with Crippen LogP contribution in [0.4, 0.5) is 0 Å². The van der Waals surface area contributed by atoms with Gasteiger partial charge >= 0.3 is 5.97 Å². The third-order valence-electron chi connectivity index (χ3n) is 5.00. The smallest absolute Gasteiger partial charge is 0.314 e. The highest BCUT2D eigenvalue weighted by atomic mass is 35.5. The van der Waals surface area contributed by atoms with Crippen LogP contribution in [-0.4, -0.2) is 38.9 Å². The Kier molecular flexibility index (Phi) is 4.14. The van der Waals surface area contributed by atoms with E-state index in [1.807, 2.05) is 19.1 Å². The van der Waals surface area contributed by atoms with Gasteiger partial charge in [0.05, 0.1) is 28.2 Å². The summed E-state index contributed by atoms with van der Waals surface area (Å²) in [6.07, 6.45) is 0.588. The van der Waals surface area contributed by atoms with E-state index in [-0.39, 0.29) is 12.1 Å². The first-order chi connectivity index (χ1) is 10.5. The molecule has 120 valence electrons. The summed E-state index contributed by atoms with van der Waals surface area (Å²) in [6, 6.07) is 5.56. The molecule has 3 rings (SSSR count). The maximum Gasteiger partial charge on any atom is 0.314 e. The van der Waals surface area contributed by atoms with Crippen molar-refractivity contribution in [2.45, 2.75) is 24.9 Å². The number of carbonyl (C=O) groups is 1. The van der Waals surface area contributed by atoms with Crippen molar-refractivity contribution in [1.29, 1.82) is 0 Å². The molecule has 1 saturated carbocycles. The second-order valence-corrected chi connectivity index (χ2v) is 6.75. The quantitative estimate of drug-likeness (QED) is 0.854. The molecule has 22 heavy (non-hydrogen) atoms. The number of esters is 1. The Bertz CT molecular complexity index is 609. The van der Waals surface area contributed by atoms with E-state index in [9.17, 15) is 4.79 Å². The number of nitrogens with one attached hydrogen (secondary N) is 1. The predicted octanol–water partition coefficient (Wildman–Crippen LogP) is 2.80. The summed E-state index contributed by atoms with van der Waals surface area (Å²) in [7, 11) is 1.67. The molecule has 1 saturated heterocycles. The minimum Gasteiger partial charge on any atom is -0.465 e. The van der Waals surface area contributed by atoms with Crippen molar-refractivity contribution in [3.05, 3.63) is 33.8 Å². The van der Waals surface area contributed by atoms with Crippen LogP contribution in [0.2, 0.25) is 10.0 Å². The van der Waals surface area contributed by atoms with E-state index in [1.165, 1.54) is 0 Å². The highest BCUT2D eigenvalue weighted by Gasteiger charge is 2.77. The fraction of sp³-hybridized carbons (Fsp3) is 0.562. The number of benzene rings is 1. The molecule has 0 bridgehead atoms. The van der Waals surface area contributed by atoms with Crippen LogP contribution < -0.4 is 5.32 Å². The van der Waals surface area contributed by atoms with Crippen LogP contribution in [0.1, 0.15) is 18.9 Å². The van der Waals surface area contributed by atoms with Gasteiger partial charge in [-0.05, 0) is 31.0 Å². The van der Waals surface area contributed by atoms with Gasteiger partial charge in [-0.3, -0.25) is 4.79 Å². The molecule has 0 unspecified atom stereocenters. The number of halogens is 2. The number of methoxy groups -OCH3 is 1. The van der Waals surface area contributed by atoms with E-state index < -0.39 is 10.8 Å². The van der Waals surface area contributed by atoms with Gasteiger partial charge in [-0.1, -0.05) is 29.3 Å². The van der Waals surface area contributed by atoms with Crippen LogP contribution in [0.3, 0.4) is 0 Å². The Labute approximate surface area is 140 Å². The van der Waals surface area contributed by atoms with Gasteiger partial charge in [0.25, 0.3) is 0 Å². The van der Waals surface area contributed by atoms with Crippen molar-refractivity contribution < 1.29 is 14.3 Å². The van der Waals surface area contributed by atoms with Crippen LogP contribution >= 0.6 is 23.2 Å². The Hall–Kier alpha value is -0.810. The van der Waals surface area contributed by atoms with Crippen molar-refractivity contribution in [3.8, 4) is 0 Å². The highest BCUT2D eigenvalue weighted by molar-refractivity contribution is 6.42. The molecule has 0 amide bonds. The molecule has 2 aliphatic rings. The van der Waals surface area contributed by atoms with E-state index in [2.05, 4.69) is 5.32 Å². The number of hydrogen-bond donors (Lipinski definition) is 1. The second kappa shape index (κ2) is 5.68. The average molecular weight is 344 g/mol. The van der Waals surface area contributed by atoms with Crippen molar-refractivity contribution in [3.63, 3.8) is 0 Å². The minimum absolute atomic E-state index is 0.108. The van der Waals surface area contributed by atoms with Gasteiger partial charge in [0.1, 0.15) is 0 Å². The summed E-state index contributed by atoms with van der Waals surface area (Å²) in [5.41, 5.74) is 0.00958. The zero-order chi connectivity index (χ0) is 16.0. The largest absolute Gasteiger partial charge is 0.465 e. The summed E-state index contributed by atoms with van der Waals surface area (Å²) in [4.78, 5) is 12.6. The number of fused-ring (bicyclic) bond motifs is 1. The topological polar surface area (TPSA) is 47.6 Å². The normalized spacial score (nSPS) is 33.2. The van der Waals surface area contributed by atoms with E-state index in [4.69, 9.17) is 32.7 Å². The first-order valence-electron chi connectivity index (χ1n) is 7.38. The lowest BCUT2D eigenvalue weighted by Gasteiger charge is -2.36. The highest BCUT2D eigenvalue weighted by Crippen LogP contribution is 2.69. The van der Waals surface area contributed by atoms with Crippen LogP contribution in [0.15, 0.2) is 18.2 Å². The first-order valence-corrected chi connectivity index (χ1v) is 8.13. The first kappa shape index (κ1) is 16.1. The van der Waals surface area contributed by atoms with Gasteiger partial charge in [-0.15, -0.1) is 0 Å². The Morgan fingerprint density at radius 2 is 2.18 bits per heavy atom. The maximum absolute atomic E-state index is 12.6. The van der Waals surface area contributed by atoms with E-state index in [0.29, 0.717) is 36.2 Å². The summed E-state index contributed by atoms with van der Waals surface area (Å²) >= 11 is 12.2. The second-order valence-electron chi connectivity index (χ2n) is 5.93. The van der Waals surface area contributed by atoms with Gasteiger partial charge in [0, 0.05) is 25.6 Å². The molecule has 0 radical (unpaired) electrons. The molecule has 3 atom stereocenters. The standard InChI is InChI=1S/C16H19Cl2NO3/c1-3-22-14(20)15-8-16(15,13(21-2)7-19-9-15)10-4-5-11(17)12(18)6-10/h4-6,13,19H,3,7-9H2,1-2H3/t13-,15-,16-/m1/s1. The molecule has 1 N–H and O–H groups in total. The zero-order valence-corrected chi connectivity index (χ0v) is 14.1. The molecule has 4 nitrogen and oxygen atoms in total. The number of carbonyl (C=O) groups excluding carboxylic acids is 1. The van der Waals surface area contributed by atoms with Gasteiger partial charge in [-0.2, -0.15) is 0 Å². The minimum atomic E-state index is -0.584. The third-order valence-corrected chi connectivity index (χ3v) is 5.74. The van der Waals surface area contributed by atoms with E-state index in [0.717, 1.165) is 5.56 Å². The molecule has 6 heteroatoms. The molecule has 1 aliphatic heterocycles. The molecule has 1 aliphatic carbocycles. The molecular weight excluding hydrogens is 325 g/mol. The van der Waals surface area contributed by atoms with Crippen LogP contribution in [-0.2, 0) is 19.7 Å². The molecule has 0 aromatic heterocycles. The maximum atomic E-state index is 12.6. The van der Waals surface area contributed by atoms with Gasteiger partial charge in [-0.25, -0.2) is 0 Å². The summed E-state index contributed by atoms with van der Waals surface area (Å²) in [5.74, 6) is -0.171. The Morgan fingerprint density at radius 1 is 1.41 bits per heavy atom. The number of ether oxygens (including phenoxy) is 2. The summed E-state index contributed by atoms with van der Waals surface area (Å²) in [5, 5.41) is 4.29. The van der Waals surface area contributed by atoms with E-state index >= 15 is 0 Å². The van der Waals surface area contributed by atoms with Crippen molar-refractivity contribution in [2.24, 2.45) is 5.41 Å². The van der Waals surface area contributed by atoms with Crippen molar-refractivity contribution >= 4 is 29.2 Å². The lowest BCUT2D eigenvalue weighted by Crippen LogP contribution is -2.52. The monoisotopic (exact) mass is 343 g/mol. The number of rotatable bonds is 4. The third kappa shape index (κ3) is 2.08. The number of piperidine rings is 1. The van der Waals surface area contributed by atoms with Crippen molar-refractivity contribution in [1.82, 2.24) is 5.32 Å². The molecular formula is C16H19Cl2NO3. The van der Waals surface area contributed by atoms with Crippen molar-refractivity contribution in [2.75, 3.05) is 26.8 Å². The van der Waals surface area contributed by atoms with Gasteiger partial charge < -0.3 is 14.8 Å². The summed E-state index contributed by atoms with van der Waals surface area (Å²) < 4.78 is 11.0. The fourth-order valence-corrected chi connectivity index (χ4v) is 4.18. The molecule has 2 fully saturated rings. The molecule has 1 aromatic carbocycles. The van der Waals surface area contributed by atoms with E-state index in [1.54, 1.807) is 13.2 Å². The van der Waals surface area contributed by atoms with Crippen LogP contribution in [0.5, 0.6) is 0 Å². The lowest BCUT2D eigenvalue weighted by atomic mass is 9.79. The van der Waals surface area contributed by atoms with Crippen LogP contribution in [0, 0.1) is 5.41 Å². The SMILES string of the molecule is CCOC(=O)[C@@]12CNC[C@@H](OC)[C@]1(c1ccc(Cl)c(Cl)c1)C2. The number of hydrogen-bond acceptors (Lipinski definition) is 4. The average Bonchev–Trinajstić information content (AvgIpc) is 3.22. The summed E-state index contributed by atoms with van der Waals surface area (Å²) in [6.45, 7) is 3.47. The van der Waals surface area contributed by atoms with Gasteiger partial charge in [0.2, 0.25) is 0 Å². The predicted molar refractivity (Wildman–Crippen MR) is 85.5 cm³/mol. The lowest BCUT2D eigenvalue weighted by molar-refractivity contribution is -0.152.